The minimum atomic E-state index is -4.83. The van der Waals surface area contributed by atoms with Crippen molar-refractivity contribution < 1.29 is 27.5 Å². The van der Waals surface area contributed by atoms with Gasteiger partial charge in [0.2, 0.25) is 11.8 Å². The highest BCUT2D eigenvalue weighted by molar-refractivity contribution is 5.87. The van der Waals surface area contributed by atoms with Crippen LogP contribution in [0.1, 0.15) is 24.1 Å². The lowest BCUT2D eigenvalue weighted by atomic mass is 10.1. The van der Waals surface area contributed by atoms with E-state index < -0.39 is 30.0 Å². The number of nitrogens with one attached hydrogen (secondary N) is 2. The topological polar surface area (TPSA) is 67.4 Å². The maximum Gasteiger partial charge on any atom is 0.573 e. The predicted octanol–water partition coefficient (Wildman–Crippen LogP) is 3.08. The molecule has 2 amide bonds. The maximum absolute atomic E-state index is 12.5. The van der Waals surface area contributed by atoms with Crippen LogP contribution in [0.5, 0.6) is 5.75 Å². The van der Waals surface area contributed by atoms with Crippen LogP contribution in [-0.2, 0) is 16.1 Å². The van der Waals surface area contributed by atoms with E-state index in [2.05, 4.69) is 15.4 Å². The van der Waals surface area contributed by atoms with Crippen LogP contribution in [0.2, 0.25) is 0 Å². The van der Waals surface area contributed by atoms with Crippen LogP contribution in [-0.4, -0.2) is 18.2 Å². The molecule has 1 atom stereocenters. The van der Waals surface area contributed by atoms with Crippen molar-refractivity contribution in [1.82, 2.24) is 10.6 Å². The molecule has 2 rings (SSSR count). The van der Waals surface area contributed by atoms with Crippen molar-refractivity contribution in [2.24, 2.45) is 0 Å². The van der Waals surface area contributed by atoms with Crippen LogP contribution in [0.3, 0.4) is 0 Å². The van der Waals surface area contributed by atoms with E-state index in [1.165, 1.54) is 25.1 Å². The van der Waals surface area contributed by atoms with Gasteiger partial charge in [0, 0.05) is 19.0 Å². The van der Waals surface area contributed by atoms with Gasteiger partial charge in [-0.2, -0.15) is 0 Å². The molecule has 0 radical (unpaired) electrons. The molecule has 8 heteroatoms. The third kappa shape index (κ3) is 5.80. The molecule has 0 spiro atoms. The van der Waals surface area contributed by atoms with Gasteiger partial charge >= 0.3 is 6.36 Å². The van der Waals surface area contributed by atoms with Crippen LogP contribution in [0.25, 0.3) is 0 Å². The zero-order valence-corrected chi connectivity index (χ0v) is 13.8. The van der Waals surface area contributed by atoms with Crippen LogP contribution < -0.4 is 15.4 Å². The largest absolute Gasteiger partial charge is 0.573 e. The Morgan fingerprint density at radius 3 is 2.27 bits per heavy atom. The lowest BCUT2D eigenvalue weighted by molar-refractivity contribution is -0.274. The third-order valence-corrected chi connectivity index (χ3v) is 3.39. The molecule has 0 aliphatic rings. The molecule has 0 saturated heterocycles. The molecule has 2 aromatic rings. The summed E-state index contributed by atoms with van der Waals surface area (Å²) in [6, 6.07) is 13.1. The fourth-order valence-corrected chi connectivity index (χ4v) is 2.31. The molecule has 0 saturated carbocycles. The molecule has 0 aliphatic heterocycles. The van der Waals surface area contributed by atoms with E-state index in [-0.39, 0.29) is 12.1 Å². The lowest BCUT2D eigenvalue weighted by Gasteiger charge is -2.19. The number of hydrogen-bond acceptors (Lipinski definition) is 3. The van der Waals surface area contributed by atoms with Gasteiger partial charge in [-0.1, -0.05) is 48.5 Å². The van der Waals surface area contributed by atoms with E-state index in [0.717, 1.165) is 6.07 Å². The summed E-state index contributed by atoms with van der Waals surface area (Å²) in [5, 5.41) is 5.05. The van der Waals surface area contributed by atoms with E-state index in [4.69, 9.17) is 0 Å². The van der Waals surface area contributed by atoms with Gasteiger partial charge in [-0.25, -0.2) is 0 Å². The van der Waals surface area contributed by atoms with Crippen molar-refractivity contribution >= 4 is 11.8 Å². The number of rotatable bonds is 6. The highest BCUT2D eigenvalue weighted by atomic mass is 19.4. The molecule has 0 fully saturated rings. The number of hydrogen-bond donors (Lipinski definition) is 2. The molecule has 0 aliphatic carbocycles. The number of para-hydroxylation sites is 1. The van der Waals surface area contributed by atoms with Crippen LogP contribution in [0, 0.1) is 0 Å². The first-order chi connectivity index (χ1) is 12.3. The molecular weight excluding hydrogens is 349 g/mol. The Morgan fingerprint density at radius 1 is 1.04 bits per heavy atom. The van der Waals surface area contributed by atoms with Gasteiger partial charge in [0.1, 0.15) is 11.8 Å². The van der Waals surface area contributed by atoms with Crippen molar-refractivity contribution in [3.8, 4) is 5.75 Å². The van der Waals surface area contributed by atoms with Crippen molar-refractivity contribution in [3.63, 3.8) is 0 Å². The fourth-order valence-electron chi connectivity index (χ4n) is 2.31. The minimum Gasteiger partial charge on any atom is -0.405 e. The molecule has 26 heavy (non-hydrogen) atoms. The second kappa shape index (κ2) is 8.37. The molecule has 2 N–H and O–H groups in total. The standard InChI is InChI=1S/C18H17F3N2O3/c1-12(24)23-16(13-7-3-2-4-8-13)17(25)22-11-14-9-5-6-10-15(14)26-18(19,20)21/h2-10,16H,11H2,1H3,(H,22,25)(H,23,24). The van der Waals surface area contributed by atoms with Gasteiger partial charge < -0.3 is 15.4 Å². The molecule has 0 heterocycles. The molecule has 5 nitrogen and oxygen atoms in total. The first-order valence-electron chi connectivity index (χ1n) is 7.69. The van der Waals surface area contributed by atoms with Gasteiger partial charge in [0.25, 0.3) is 0 Å². The number of ether oxygens (including phenoxy) is 1. The SMILES string of the molecule is CC(=O)NC(C(=O)NCc1ccccc1OC(F)(F)F)c1ccccc1. The first-order valence-corrected chi connectivity index (χ1v) is 7.69. The van der Waals surface area contributed by atoms with Gasteiger partial charge in [-0.15, -0.1) is 13.2 Å². The van der Waals surface area contributed by atoms with E-state index in [1.807, 2.05) is 0 Å². The van der Waals surface area contributed by atoms with E-state index in [1.54, 1.807) is 30.3 Å². The second-order valence-corrected chi connectivity index (χ2v) is 5.42. The molecule has 0 aromatic heterocycles. The summed E-state index contributed by atoms with van der Waals surface area (Å²) >= 11 is 0. The van der Waals surface area contributed by atoms with E-state index in [0.29, 0.717) is 5.56 Å². The molecule has 138 valence electrons. The summed E-state index contributed by atoms with van der Waals surface area (Å²) in [4.78, 5) is 23.8. The number of benzene rings is 2. The van der Waals surface area contributed by atoms with Crippen molar-refractivity contribution in [1.29, 1.82) is 0 Å². The summed E-state index contributed by atoms with van der Waals surface area (Å²) < 4.78 is 41.3. The van der Waals surface area contributed by atoms with Crippen molar-refractivity contribution in [3.05, 3.63) is 65.7 Å². The van der Waals surface area contributed by atoms with Gasteiger partial charge in [0.15, 0.2) is 0 Å². The Morgan fingerprint density at radius 2 is 1.65 bits per heavy atom. The van der Waals surface area contributed by atoms with Crippen LogP contribution >= 0.6 is 0 Å². The summed E-state index contributed by atoms with van der Waals surface area (Å²) in [6.07, 6.45) is -4.83. The summed E-state index contributed by atoms with van der Waals surface area (Å²) in [5.41, 5.74) is 0.716. The monoisotopic (exact) mass is 366 g/mol. The lowest BCUT2D eigenvalue weighted by Crippen LogP contribution is -2.39. The van der Waals surface area contributed by atoms with Gasteiger partial charge in [-0.05, 0) is 11.6 Å². The van der Waals surface area contributed by atoms with E-state index >= 15 is 0 Å². The Balaban J connectivity index is 2.12. The van der Waals surface area contributed by atoms with Crippen molar-refractivity contribution in [2.75, 3.05) is 0 Å². The summed E-state index contributed by atoms with van der Waals surface area (Å²) in [5.74, 6) is -1.35. The highest BCUT2D eigenvalue weighted by Crippen LogP contribution is 2.26. The maximum atomic E-state index is 12.5. The molecule has 1 unspecified atom stereocenters. The molecule has 2 aromatic carbocycles. The summed E-state index contributed by atoms with van der Waals surface area (Å²) in [6.45, 7) is 1.09. The smallest absolute Gasteiger partial charge is 0.405 e. The quantitative estimate of drug-likeness (QED) is 0.826. The first kappa shape index (κ1) is 19.3. The number of amides is 2. The molecular formula is C18H17F3N2O3. The van der Waals surface area contributed by atoms with Crippen LogP contribution in [0.15, 0.2) is 54.6 Å². The molecule has 0 bridgehead atoms. The summed E-state index contributed by atoms with van der Waals surface area (Å²) in [7, 11) is 0. The van der Waals surface area contributed by atoms with Gasteiger partial charge in [-0.3, -0.25) is 9.59 Å². The Labute approximate surface area is 148 Å². The minimum absolute atomic E-state index is 0.160. The predicted molar refractivity (Wildman–Crippen MR) is 88.0 cm³/mol. The Hall–Kier alpha value is -3.03. The van der Waals surface area contributed by atoms with Crippen LogP contribution in [0.4, 0.5) is 13.2 Å². The fraction of sp³-hybridized carbons (Fsp3) is 0.222. The number of carbonyl (C=O) groups excluding carboxylic acids is 2. The number of carbonyl (C=O) groups is 2. The normalized spacial score (nSPS) is 12.2. The van der Waals surface area contributed by atoms with Crippen molar-refractivity contribution in [2.45, 2.75) is 25.9 Å². The Kier molecular flexibility index (Phi) is 6.21. The third-order valence-electron chi connectivity index (χ3n) is 3.39. The van der Waals surface area contributed by atoms with E-state index in [9.17, 15) is 22.8 Å². The van der Waals surface area contributed by atoms with Gasteiger partial charge in [0.05, 0.1) is 0 Å². The average molecular weight is 366 g/mol. The average Bonchev–Trinajstić information content (AvgIpc) is 2.58. The second-order valence-electron chi connectivity index (χ2n) is 5.42. The number of alkyl halides is 3. The zero-order valence-electron chi connectivity index (χ0n) is 13.8. The highest BCUT2D eigenvalue weighted by Gasteiger charge is 2.32. The number of halogens is 3. The zero-order chi connectivity index (χ0) is 19.2. The Bertz CT molecular complexity index is 764.